The van der Waals surface area contributed by atoms with Crippen LogP contribution in [0.5, 0.6) is 0 Å². The summed E-state index contributed by atoms with van der Waals surface area (Å²) in [6.07, 6.45) is 2.00. The Hall–Kier alpha value is -0.760. The highest BCUT2D eigenvalue weighted by Gasteiger charge is 2.28. The number of hydrogen-bond acceptors (Lipinski definition) is 1. The summed E-state index contributed by atoms with van der Waals surface area (Å²) in [6.45, 7) is 8.27. The van der Waals surface area contributed by atoms with Crippen molar-refractivity contribution in [3.05, 3.63) is 24.0 Å². The van der Waals surface area contributed by atoms with Crippen molar-refractivity contribution in [1.29, 1.82) is 0 Å². The Balaban J connectivity index is 1.76. The van der Waals surface area contributed by atoms with E-state index in [1.165, 1.54) is 18.8 Å². The molecule has 1 aromatic heterocycles. The molecule has 0 radical (unpaired) electrons. The maximum Gasteiger partial charge on any atom is 0.0385 e. The number of H-pyrrole nitrogens is 1. The molecule has 0 amide bonds. The van der Waals surface area contributed by atoms with Crippen LogP contribution in [0.1, 0.15) is 19.5 Å². The molecule has 0 unspecified atom stereocenters. The van der Waals surface area contributed by atoms with E-state index in [9.17, 15) is 0 Å². The summed E-state index contributed by atoms with van der Waals surface area (Å²) in [5.74, 6) is 1.77. The number of rotatable bonds is 3. The molecule has 1 aromatic rings. The lowest BCUT2D eigenvalue weighted by molar-refractivity contribution is 0.0604. The smallest absolute Gasteiger partial charge is 0.0385 e. The fourth-order valence-electron chi connectivity index (χ4n) is 1.87. The van der Waals surface area contributed by atoms with Crippen LogP contribution in [0.2, 0.25) is 0 Å². The molecule has 2 heteroatoms. The van der Waals surface area contributed by atoms with Crippen LogP contribution >= 0.6 is 0 Å². The van der Waals surface area contributed by atoms with Crippen molar-refractivity contribution in [3.63, 3.8) is 0 Å². The Morgan fingerprint density at radius 2 is 2.31 bits per heavy atom. The monoisotopic (exact) mass is 178 g/mol. The van der Waals surface area contributed by atoms with Crippen molar-refractivity contribution in [2.45, 2.75) is 20.4 Å². The SMILES string of the molecule is CC(C)C1CN(Cc2ccc[nH]2)C1. The molecule has 2 rings (SSSR count). The molecule has 0 atom stereocenters. The third kappa shape index (κ3) is 1.94. The summed E-state index contributed by atoms with van der Waals surface area (Å²) in [4.78, 5) is 5.74. The van der Waals surface area contributed by atoms with Gasteiger partial charge in [0.1, 0.15) is 0 Å². The third-order valence-electron chi connectivity index (χ3n) is 2.98. The van der Waals surface area contributed by atoms with Gasteiger partial charge in [-0.3, -0.25) is 4.90 Å². The summed E-state index contributed by atoms with van der Waals surface area (Å²) < 4.78 is 0. The van der Waals surface area contributed by atoms with Crippen LogP contribution in [-0.2, 0) is 6.54 Å². The number of aromatic nitrogens is 1. The van der Waals surface area contributed by atoms with Gasteiger partial charge in [0.05, 0.1) is 0 Å². The quantitative estimate of drug-likeness (QED) is 0.751. The van der Waals surface area contributed by atoms with Crippen LogP contribution in [-0.4, -0.2) is 23.0 Å². The Morgan fingerprint density at radius 1 is 1.54 bits per heavy atom. The van der Waals surface area contributed by atoms with Gasteiger partial charge in [-0.15, -0.1) is 0 Å². The van der Waals surface area contributed by atoms with Crippen LogP contribution in [0.3, 0.4) is 0 Å². The fourth-order valence-corrected chi connectivity index (χ4v) is 1.87. The first-order valence-corrected chi connectivity index (χ1v) is 5.10. The van der Waals surface area contributed by atoms with Crippen LogP contribution in [0.4, 0.5) is 0 Å². The summed E-state index contributed by atoms with van der Waals surface area (Å²) in [5, 5.41) is 0. The molecule has 13 heavy (non-hydrogen) atoms. The zero-order chi connectivity index (χ0) is 9.26. The van der Waals surface area contributed by atoms with Crippen molar-refractivity contribution in [1.82, 2.24) is 9.88 Å². The minimum atomic E-state index is 0.847. The van der Waals surface area contributed by atoms with Crippen LogP contribution in [0.25, 0.3) is 0 Å². The average Bonchev–Trinajstić information content (AvgIpc) is 2.46. The van der Waals surface area contributed by atoms with Gasteiger partial charge in [0.15, 0.2) is 0 Å². The lowest BCUT2D eigenvalue weighted by atomic mass is 9.88. The first-order chi connectivity index (χ1) is 6.25. The maximum absolute atomic E-state index is 3.24. The van der Waals surface area contributed by atoms with E-state index >= 15 is 0 Å². The predicted octanol–water partition coefficient (Wildman–Crippen LogP) is 2.10. The number of hydrogen-bond donors (Lipinski definition) is 1. The summed E-state index contributed by atoms with van der Waals surface area (Å²) in [6, 6.07) is 4.22. The maximum atomic E-state index is 3.24. The highest BCUT2D eigenvalue weighted by atomic mass is 15.2. The van der Waals surface area contributed by atoms with E-state index in [2.05, 4.69) is 35.9 Å². The Morgan fingerprint density at radius 3 is 2.85 bits per heavy atom. The zero-order valence-corrected chi connectivity index (χ0v) is 8.46. The van der Waals surface area contributed by atoms with E-state index in [4.69, 9.17) is 0 Å². The standard InChI is InChI=1S/C11H18N2/c1-9(2)10-6-13(7-10)8-11-4-3-5-12-11/h3-5,9-10,12H,6-8H2,1-2H3. The van der Waals surface area contributed by atoms with E-state index in [1.807, 2.05) is 6.20 Å². The van der Waals surface area contributed by atoms with E-state index < -0.39 is 0 Å². The molecule has 0 aromatic carbocycles. The van der Waals surface area contributed by atoms with Crippen molar-refractivity contribution >= 4 is 0 Å². The Labute approximate surface area is 79.9 Å². The normalized spacial score (nSPS) is 19.3. The van der Waals surface area contributed by atoms with Gasteiger partial charge in [0.25, 0.3) is 0 Å². The molecule has 1 N–H and O–H groups in total. The summed E-state index contributed by atoms with van der Waals surface area (Å²) in [5.41, 5.74) is 1.34. The van der Waals surface area contributed by atoms with E-state index in [-0.39, 0.29) is 0 Å². The summed E-state index contributed by atoms with van der Waals surface area (Å²) in [7, 11) is 0. The second kappa shape index (κ2) is 3.54. The van der Waals surface area contributed by atoms with Gasteiger partial charge in [-0.25, -0.2) is 0 Å². The Kier molecular flexibility index (Phi) is 2.40. The second-order valence-corrected chi connectivity index (χ2v) is 4.39. The van der Waals surface area contributed by atoms with E-state index in [0.29, 0.717) is 0 Å². The van der Waals surface area contributed by atoms with Gasteiger partial charge in [0, 0.05) is 31.5 Å². The third-order valence-corrected chi connectivity index (χ3v) is 2.98. The number of likely N-dealkylation sites (tertiary alicyclic amines) is 1. The van der Waals surface area contributed by atoms with Gasteiger partial charge in [0.2, 0.25) is 0 Å². The summed E-state index contributed by atoms with van der Waals surface area (Å²) >= 11 is 0. The van der Waals surface area contributed by atoms with Crippen molar-refractivity contribution in [2.24, 2.45) is 11.8 Å². The van der Waals surface area contributed by atoms with Gasteiger partial charge in [-0.05, 0) is 24.0 Å². The average molecular weight is 178 g/mol. The topological polar surface area (TPSA) is 19.0 Å². The first kappa shape index (κ1) is 8.82. The van der Waals surface area contributed by atoms with Gasteiger partial charge in [-0.2, -0.15) is 0 Å². The molecule has 1 fully saturated rings. The molecule has 0 spiro atoms. The van der Waals surface area contributed by atoms with Crippen LogP contribution < -0.4 is 0 Å². The van der Waals surface area contributed by atoms with E-state index in [1.54, 1.807) is 0 Å². The number of aromatic amines is 1. The molecule has 72 valence electrons. The molecule has 2 nitrogen and oxygen atoms in total. The number of nitrogens with zero attached hydrogens (tertiary/aromatic N) is 1. The van der Waals surface area contributed by atoms with Gasteiger partial charge >= 0.3 is 0 Å². The fraction of sp³-hybridized carbons (Fsp3) is 0.636. The minimum Gasteiger partial charge on any atom is -0.364 e. The van der Waals surface area contributed by atoms with Crippen LogP contribution in [0, 0.1) is 11.8 Å². The molecule has 0 saturated carbocycles. The van der Waals surface area contributed by atoms with Crippen molar-refractivity contribution < 1.29 is 0 Å². The molecule has 1 aliphatic heterocycles. The molecule has 1 saturated heterocycles. The van der Waals surface area contributed by atoms with Crippen molar-refractivity contribution in [3.8, 4) is 0 Å². The zero-order valence-electron chi connectivity index (χ0n) is 8.46. The molecule has 1 aliphatic rings. The lowest BCUT2D eigenvalue weighted by Gasteiger charge is -2.41. The number of nitrogens with one attached hydrogen (secondary N) is 1. The highest BCUT2D eigenvalue weighted by molar-refractivity contribution is 5.04. The van der Waals surface area contributed by atoms with Gasteiger partial charge < -0.3 is 4.98 Å². The molecule has 0 aliphatic carbocycles. The molecule has 0 bridgehead atoms. The molecule has 2 heterocycles. The first-order valence-electron chi connectivity index (χ1n) is 5.10. The molecular weight excluding hydrogens is 160 g/mol. The molecular formula is C11H18N2. The van der Waals surface area contributed by atoms with Gasteiger partial charge in [-0.1, -0.05) is 13.8 Å². The minimum absolute atomic E-state index is 0.847. The largest absolute Gasteiger partial charge is 0.364 e. The lowest BCUT2D eigenvalue weighted by Crippen LogP contribution is -2.48. The predicted molar refractivity (Wildman–Crippen MR) is 54.4 cm³/mol. The highest BCUT2D eigenvalue weighted by Crippen LogP contribution is 2.24. The Bertz CT molecular complexity index is 245. The van der Waals surface area contributed by atoms with Crippen molar-refractivity contribution in [2.75, 3.05) is 13.1 Å². The van der Waals surface area contributed by atoms with E-state index in [0.717, 1.165) is 18.4 Å². The second-order valence-electron chi connectivity index (χ2n) is 4.39. The van der Waals surface area contributed by atoms with Crippen LogP contribution in [0.15, 0.2) is 18.3 Å².